The highest BCUT2D eigenvalue weighted by atomic mass is 127. The van der Waals surface area contributed by atoms with E-state index in [1.165, 1.54) is 12.4 Å². The molecule has 1 aliphatic heterocycles. The average molecular weight is 492 g/mol. The Kier molecular flexibility index (Phi) is 8.13. The summed E-state index contributed by atoms with van der Waals surface area (Å²) in [5.74, 6) is 1.66. The van der Waals surface area contributed by atoms with Crippen LogP contribution in [0.4, 0.5) is 14.7 Å². The number of anilines is 1. The molecule has 3 heterocycles. The van der Waals surface area contributed by atoms with Crippen LogP contribution in [-0.4, -0.2) is 63.1 Å². The molecule has 3 rings (SSSR count). The Labute approximate surface area is 173 Å². The van der Waals surface area contributed by atoms with Crippen LogP contribution in [0.15, 0.2) is 35.8 Å². The van der Waals surface area contributed by atoms with Crippen molar-refractivity contribution in [2.45, 2.75) is 20.0 Å². The molecule has 1 aliphatic rings. The van der Waals surface area contributed by atoms with E-state index in [-0.39, 0.29) is 36.3 Å². The predicted octanol–water partition coefficient (Wildman–Crippen LogP) is 1.97. The van der Waals surface area contributed by atoms with E-state index in [2.05, 4.69) is 35.1 Å². The minimum absolute atomic E-state index is 0. The number of alkyl halides is 2. The van der Waals surface area contributed by atoms with Crippen molar-refractivity contribution in [3.8, 4) is 0 Å². The lowest BCUT2D eigenvalue weighted by atomic mass is 10.3. The Bertz CT molecular complexity index is 716. The first-order valence-corrected chi connectivity index (χ1v) is 8.54. The molecule has 1 saturated heterocycles. The van der Waals surface area contributed by atoms with E-state index < -0.39 is 6.55 Å². The van der Waals surface area contributed by atoms with Crippen LogP contribution >= 0.6 is 24.0 Å². The van der Waals surface area contributed by atoms with E-state index >= 15 is 0 Å². The molecule has 0 unspecified atom stereocenters. The summed E-state index contributed by atoms with van der Waals surface area (Å²) in [6, 6.07) is 1.79. The third-order valence-corrected chi connectivity index (χ3v) is 4.08. The third kappa shape index (κ3) is 5.47. The summed E-state index contributed by atoms with van der Waals surface area (Å²) in [5.41, 5.74) is 0. The minimum atomic E-state index is -2.61. The number of aromatic nitrogens is 4. The van der Waals surface area contributed by atoms with Gasteiger partial charge >= 0.3 is 6.55 Å². The van der Waals surface area contributed by atoms with Crippen molar-refractivity contribution >= 4 is 35.9 Å². The van der Waals surface area contributed by atoms with Gasteiger partial charge in [0.25, 0.3) is 0 Å². The molecule has 11 heteroatoms. The first-order valence-electron chi connectivity index (χ1n) is 8.54. The van der Waals surface area contributed by atoms with Crippen LogP contribution in [-0.2, 0) is 6.54 Å². The lowest BCUT2D eigenvalue weighted by Crippen LogP contribution is -2.53. The maximum Gasteiger partial charge on any atom is 0.319 e. The van der Waals surface area contributed by atoms with Gasteiger partial charge in [0.05, 0.1) is 0 Å². The van der Waals surface area contributed by atoms with Gasteiger partial charge < -0.3 is 15.1 Å². The van der Waals surface area contributed by atoms with E-state index in [4.69, 9.17) is 0 Å². The molecule has 0 aromatic carbocycles. The number of aliphatic imine (C=N–C) groups is 1. The number of hydrogen-bond acceptors (Lipinski definition) is 5. The monoisotopic (exact) mass is 492 g/mol. The molecule has 0 saturated carbocycles. The molecule has 0 amide bonds. The summed E-state index contributed by atoms with van der Waals surface area (Å²) in [7, 11) is 0. The normalized spacial score (nSPS) is 15.0. The Hall–Kier alpha value is -2.05. The van der Waals surface area contributed by atoms with E-state index in [9.17, 15) is 8.78 Å². The molecule has 0 spiro atoms. The molecular weight excluding hydrogens is 469 g/mol. The quantitative estimate of drug-likeness (QED) is 0.391. The summed E-state index contributed by atoms with van der Waals surface area (Å²) in [6.07, 6.45) is 6.08. The van der Waals surface area contributed by atoms with E-state index in [1.54, 1.807) is 18.5 Å². The fourth-order valence-electron chi connectivity index (χ4n) is 2.79. The fourth-order valence-corrected chi connectivity index (χ4v) is 2.79. The molecule has 1 N–H and O–H groups in total. The van der Waals surface area contributed by atoms with E-state index in [0.717, 1.165) is 30.7 Å². The van der Waals surface area contributed by atoms with Gasteiger partial charge in [-0.2, -0.15) is 8.78 Å². The van der Waals surface area contributed by atoms with Gasteiger partial charge in [-0.15, -0.1) is 24.0 Å². The Morgan fingerprint density at radius 2 is 1.85 bits per heavy atom. The van der Waals surface area contributed by atoms with Crippen LogP contribution in [0.2, 0.25) is 0 Å². The fraction of sp³-hybridized carbons (Fsp3) is 0.500. The average Bonchev–Trinajstić information content (AvgIpc) is 3.15. The summed E-state index contributed by atoms with van der Waals surface area (Å²) < 4.78 is 26.7. The standard InChI is InChI=1S/C16H22F2N8.HI/c1-2-19-15(23-12-13-20-6-7-26(13)14(17)18)24-8-10-25(11-9-24)16-21-4-3-5-22-16;/h3-7,14H,2,8-12H2,1H3,(H,19,23);1H. The Balaban J connectivity index is 0.00000261. The number of rotatable bonds is 5. The molecule has 0 radical (unpaired) electrons. The summed E-state index contributed by atoms with van der Waals surface area (Å²) in [5, 5.41) is 3.22. The van der Waals surface area contributed by atoms with E-state index in [0.29, 0.717) is 18.5 Å². The van der Waals surface area contributed by atoms with Crippen molar-refractivity contribution in [3.05, 3.63) is 36.7 Å². The maximum atomic E-state index is 12.9. The first kappa shape index (κ1) is 21.3. The third-order valence-electron chi connectivity index (χ3n) is 4.08. The second-order valence-electron chi connectivity index (χ2n) is 5.72. The molecule has 8 nitrogen and oxygen atoms in total. The largest absolute Gasteiger partial charge is 0.357 e. The van der Waals surface area contributed by atoms with Crippen molar-refractivity contribution in [3.63, 3.8) is 0 Å². The van der Waals surface area contributed by atoms with Crippen molar-refractivity contribution in [2.24, 2.45) is 4.99 Å². The van der Waals surface area contributed by atoms with Crippen molar-refractivity contribution in [1.29, 1.82) is 0 Å². The van der Waals surface area contributed by atoms with Crippen LogP contribution in [0.5, 0.6) is 0 Å². The van der Waals surface area contributed by atoms with Crippen molar-refractivity contribution < 1.29 is 8.78 Å². The van der Waals surface area contributed by atoms with Gasteiger partial charge in [-0.3, -0.25) is 4.57 Å². The van der Waals surface area contributed by atoms with Gasteiger partial charge in [0.1, 0.15) is 12.4 Å². The Morgan fingerprint density at radius 1 is 1.15 bits per heavy atom. The lowest BCUT2D eigenvalue weighted by Gasteiger charge is -2.36. The number of imidazole rings is 1. The van der Waals surface area contributed by atoms with Crippen molar-refractivity contribution in [1.82, 2.24) is 29.7 Å². The van der Waals surface area contributed by atoms with Crippen LogP contribution in [0.1, 0.15) is 19.3 Å². The Morgan fingerprint density at radius 3 is 2.48 bits per heavy atom. The zero-order valence-electron chi connectivity index (χ0n) is 15.0. The number of nitrogens with zero attached hydrogens (tertiary/aromatic N) is 7. The molecule has 148 valence electrons. The molecule has 0 bridgehead atoms. The predicted molar refractivity (Wildman–Crippen MR) is 110 cm³/mol. The smallest absolute Gasteiger partial charge is 0.319 e. The molecular formula is C16H23F2IN8. The number of halogens is 3. The topological polar surface area (TPSA) is 74.5 Å². The zero-order valence-corrected chi connectivity index (χ0v) is 17.3. The zero-order chi connectivity index (χ0) is 18.4. The van der Waals surface area contributed by atoms with Crippen LogP contribution in [0.25, 0.3) is 0 Å². The number of hydrogen-bond donors (Lipinski definition) is 1. The van der Waals surface area contributed by atoms with Crippen molar-refractivity contribution in [2.75, 3.05) is 37.6 Å². The number of piperazine rings is 1. The summed E-state index contributed by atoms with van der Waals surface area (Å²) >= 11 is 0. The van der Waals surface area contributed by atoms with Gasteiger partial charge in [0.2, 0.25) is 5.95 Å². The highest BCUT2D eigenvalue weighted by Gasteiger charge is 2.21. The molecule has 27 heavy (non-hydrogen) atoms. The second-order valence-corrected chi connectivity index (χ2v) is 5.72. The van der Waals surface area contributed by atoms with Gasteiger partial charge in [-0.05, 0) is 13.0 Å². The van der Waals surface area contributed by atoms with Gasteiger partial charge in [-0.25, -0.2) is 19.9 Å². The lowest BCUT2D eigenvalue weighted by molar-refractivity contribution is 0.0671. The first-order chi connectivity index (χ1) is 12.7. The molecule has 2 aromatic rings. The molecule has 1 fully saturated rings. The van der Waals surface area contributed by atoms with E-state index in [1.807, 2.05) is 6.92 Å². The van der Waals surface area contributed by atoms with Crippen LogP contribution in [0.3, 0.4) is 0 Å². The van der Waals surface area contributed by atoms with Gasteiger partial charge in [0.15, 0.2) is 5.96 Å². The molecule has 0 aliphatic carbocycles. The highest BCUT2D eigenvalue weighted by molar-refractivity contribution is 14.0. The molecule has 2 aromatic heterocycles. The highest BCUT2D eigenvalue weighted by Crippen LogP contribution is 2.14. The summed E-state index contributed by atoms with van der Waals surface area (Å²) in [6.45, 7) is 3.18. The van der Waals surface area contributed by atoms with Gasteiger partial charge in [-0.1, -0.05) is 0 Å². The number of nitrogens with one attached hydrogen (secondary N) is 1. The number of guanidine groups is 1. The van der Waals surface area contributed by atoms with Gasteiger partial charge in [0, 0.05) is 57.5 Å². The van der Waals surface area contributed by atoms with Crippen LogP contribution in [0, 0.1) is 0 Å². The summed E-state index contributed by atoms with van der Waals surface area (Å²) in [4.78, 5) is 21.2. The maximum absolute atomic E-state index is 12.9. The molecule has 0 atom stereocenters. The van der Waals surface area contributed by atoms with Crippen LogP contribution < -0.4 is 10.2 Å². The second kappa shape index (κ2) is 10.3. The SMILES string of the molecule is CCNC(=NCc1nccn1C(F)F)N1CCN(c2ncccn2)CC1.I. The minimum Gasteiger partial charge on any atom is -0.357 e.